The maximum Gasteiger partial charge on any atom is 0.271 e. The quantitative estimate of drug-likeness (QED) is 0.844. The van der Waals surface area contributed by atoms with E-state index in [0.29, 0.717) is 30.1 Å². The van der Waals surface area contributed by atoms with Crippen LogP contribution in [-0.4, -0.2) is 46.7 Å². The van der Waals surface area contributed by atoms with E-state index in [9.17, 15) is 4.79 Å². The van der Waals surface area contributed by atoms with Gasteiger partial charge in [0.2, 0.25) is 0 Å². The molecule has 1 aromatic heterocycles. The largest absolute Gasteiger partial charge is 0.349 e. The van der Waals surface area contributed by atoms with E-state index in [4.69, 9.17) is 0 Å². The Labute approximate surface area is 126 Å². The van der Waals surface area contributed by atoms with Crippen LogP contribution < -0.4 is 5.32 Å². The number of amides is 1. The Morgan fingerprint density at radius 1 is 1.43 bits per heavy atom. The van der Waals surface area contributed by atoms with E-state index < -0.39 is 0 Å². The van der Waals surface area contributed by atoms with Gasteiger partial charge in [-0.05, 0) is 50.8 Å². The van der Waals surface area contributed by atoms with E-state index in [2.05, 4.69) is 34.3 Å². The second-order valence-corrected chi connectivity index (χ2v) is 6.75. The van der Waals surface area contributed by atoms with Crippen molar-refractivity contribution in [1.29, 1.82) is 0 Å². The fourth-order valence-corrected chi connectivity index (χ4v) is 3.20. The molecule has 0 aromatic carbocycles. The van der Waals surface area contributed by atoms with Crippen LogP contribution in [0, 0.1) is 5.92 Å². The zero-order valence-electron chi connectivity index (χ0n) is 13.1. The van der Waals surface area contributed by atoms with Gasteiger partial charge in [0.15, 0.2) is 0 Å². The maximum absolute atomic E-state index is 12.2. The van der Waals surface area contributed by atoms with Crippen LogP contribution in [0.2, 0.25) is 0 Å². The molecule has 2 aliphatic rings. The Bertz CT molecular complexity index is 486. The van der Waals surface area contributed by atoms with Crippen molar-refractivity contribution in [2.75, 3.05) is 19.6 Å². The van der Waals surface area contributed by atoms with Gasteiger partial charge >= 0.3 is 0 Å². The van der Waals surface area contributed by atoms with Crippen LogP contribution in [0.1, 0.15) is 61.6 Å². The molecule has 1 aromatic rings. The van der Waals surface area contributed by atoms with E-state index in [-0.39, 0.29) is 5.91 Å². The smallest absolute Gasteiger partial charge is 0.271 e. The molecule has 1 atom stereocenters. The van der Waals surface area contributed by atoms with Crippen LogP contribution in [0.5, 0.6) is 0 Å². The molecule has 3 rings (SSSR count). The summed E-state index contributed by atoms with van der Waals surface area (Å²) in [5.41, 5.74) is 1.64. The van der Waals surface area contributed by atoms with Gasteiger partial charge in [0.05, 0.1) is 0 Å². The van der Waals surface area contributed by atoms with Gasteiger partial charge in [-0.2, -0.15) is 5.10 Å². The minimum Gasteiger partial charge on any atom is -0.349 e. The number of carbonyl (C=O) groups is 1. The molecule has 1 saturated carbocycles. The van der Waals surface area contributed by atoms with Gasteiger partial charge in [-0.3, -0.25) is 14.8 Å². The summed E-state index contributed by atoms with van der Waals surface area (Å²) in [5, 5.41) is 10.2. The monoisotopic (exact) mass is 290 g/mol. The van der Waals surface area contributed by atoms with Crippen molar-refractivity contribution >= 4 is 5.91 Å². The number of hydrogen-bond acceptors (Lipinski definition) is 3. The van der Waals surface area contributed by atoms with Crippen LogP contribution in [0.4, 0.5) is 0 Å². The first-order chi connectivity index (χ1) is 10.1. The fourth-order valence-electron chi connectivity index (χ4n) is 3.20. The van der Waals surface area contributed by atoms with E-state index in [1.165, 1.54) is 25.7 Å². The minimum absolute atomic E-state index is 0.0528. The molecule has 1 saturated heterocycles. The lowest BCUT2D eigenvalue weighted by atomic mass is 10.0. The van der Waals surface area contributed by atoms with Gasteiger partial charge in [-0.1, -0.05) is 13.8 Å². The van der Waals surface area contributed by atoms with Crippen LogP contribution >= 0.6 is 0 Å². The van der Waals surface area contributed by atoms with Crippen molar-refractivity contribution < 1.29 is 4.79 Å². The molecule has 5 nitrogen and oxygen atoms in total. The van der Waals surface area contributed by atoms with Gasteiger partial charge < -0.3 is 5.32 Å². The van der Waals surface area contributed by atoms with Crippen molar-refractivity contribution in [2.24, 2.45) is 5.92 Å². The van der Waals surface area contributed by atoms with Crippen molar-refractivity contribution in [2.45, 2.75) is 51.5 Å². The summed E-state index contributed by atoms with van der Waals surface area (Å²) in [6, 6.07) is 2.34. The summed E-state index contributed by atoms with van der Waals surface area (Å²) < 4.78 is 0. The molecule has 21 heavy (non-hydrogen) atoms. The Morgan fingerprint density at radius 3 is 2.76 bits per heavy atom. The number of aromatic nitrogens is 2. The zero-order chi connectivity index (χ0) is 14.8. The summed E-state index contributed by atoms with van der Waals surface area (Å²) >= 11 is 0. The third-order valence-corrected chi connectivity index (χ3v) is 4.70. The van der Waals surface area contributed by atoms with E-state index in [1.54, 1.807) is 0 Å². The number of likely N-dealkylation sites (tertiary alicyclic amines) is 1. The number of H-pyrrole nitrogens is 1. The molecule has 116 valence electrons. The molecule has 0 unspecified atom stereocenters. The third kappa shape index (κ3) is 3.46. The first-order valence-electron chi connectivity index (χ1n) is 8.22. The van der Waals surface area contributed by atoms with E-state index in [1.807, 2.05) is 6.07 Å². The van der Waals surface area contributed by atoms with E-state index >= 15 is 0 Å². The highest BCUT2D eigenvalue weighted by Crippen LogP contribution is 2.38. The molecule has 2 N–H and O–H groups in total. The number of rotatable bonds is 6. The van der Waals surface area contributed by atoms with Gasteiger partial charge in [-0.15, -0.1) is 0 Å². The molecular weight excluding hydrogens is 264 g/mol. The first-order valence-corrected chi connectivity index (χ1v) is 8.22. The predicted molar refractivity (Wildman–Crippen MR) is 82.3 cm³/mol. The second-order valence-electron chi connectivity index (χ2n) is 6.75. The van der Waals surface area contributed by atoms with Crippen molar-refractivity contribution in [3.63, 3.8) is 0 Å². The molecule has 2 fully saturated rings. The van der Waals surface area contributed by atoms with Crippen molar-refractivity contribution in [1.82, 2.24) is 20.4 Å². The Morgan fingerprint density at radius 2 is 2.14 bits per heavy atom. The SMILES string of the molecule is CC(C)[C@H](CNC(=O)c1cc(C2CC2)[nH]n1)N1CCCC1. The highest BCUT2D eigenvalue weighted by atomic mass is 16.1. The molecule has 2 heterocycles. The zero-order valence-corrected chi connectivity index (χ0v) is 13.1. The summed E-state index contributed by atoms with van der Waals surface area (Å²) in [5.74, 6) is 1.10. The topological polar surface area (TPSA) is 61.0 Å². The number of aromatic amines is 1. The average molecular weight is 290 g/mol. The van der Waals surface area contributed by atoms with Crippen LogP contribution in [0.15, 0.2) is 6.07 Å². The molecule has 0 spiro atoms. The average Bonchev–Trinajstić information content (AvgIpc) is 2.98. The highest BCUT2D eigenvalue weighted by Gasteiger charge is 2.28. The Kier molecular flexibility index (Phi) is 4.29. The lowest BCUT2D eigenvalue weighted by Gasteiger charge is -2.30. The maximum atomic E-state index is 12.2. The van der Waals surface area contributed by atoms with E-state index in [0.717, 1.165) is 18.8 Å². The normalized spacial score (nSPS) is 20.9. The summed E-state index contributed by atoms with van der Waals surface area (Å²) in [7, 11) is 0. The van der Waals surface area contributed by atoms with Crippen LogP contribution in [-0.2, 0) is 0 Å². The standard InChI is InChI=1S/C16H26N4O/c1-11(2)15(20-7-3-4-8-20)10-17-16(21)14-9-13(18-19-14)12-5-6-12/h9,11-12,15H,3-8,10H2,1-2H3,(H,17,21)(H,18,19)/t15-/m0/s1. The summed E-state index contributed by atoms with van der Waals surface area (Å²) in [6.07, 6.45) is 4.99. The lowest BCUT2D eigenvalue weighted by molar-refractivity contribution is 0.0922. The molecule has 0 bridgehead atoms. The Hall–Kier alpha value is -1.36. The number of hydrogen-bond donors (Lipinski definition) is 2. The molecule has 1 aliphatic carbocycles. The predicted octanol–water partition coefficient (Wildman–Crippen LogP) is 2.14. The van der Waals surface area contributed by atoms with Crippen LogP contribution in [0.3, 0.4) is 0 Å². The summed E-state index contributed by atoms with van der Waals surface area (Å²) in [4.78, 5) is 14.7. The van der Waals surface area contributed by atoms with Crippen LogP contribution in [0.25, 0.3) is 0 Å². The minimum atomic E-state index is -0.0528. The number of nitrogens with one attached hydrogen (secondary N) is 2. The van der Waals surface area contributed by atoms with Gasteiger partial charge in [-0.25, -0.2) is 0 Å². The lowest BCUT2D eigenvalue weighted by Crippen LogP contribution is -2.45. The third-order valence-electron chi connectivity index (χ3n) is 4.70. The number of carbonyl (C=O) groups excluding carboxylic acids is 1. The highest BCUT2D eigenvalue weighted by molar-refractivity contribution is 5.92. The molecule has 1 amide bonds. The first kappa shape index (κ1) is 14.6. The second kappa shape index (κ2) is 6.18. The molecule has 1 aliphatic heterocycles. The molecular formula is C16H26N4O. The molecule has 5 heteroatoms. The van der Waals surface area contributed by atoms with Gasteiger partial charge in [0, 0.05) is 24.2 Å². The Balaban J connectivity index is 1.55. The number of nitrogens with zero attached hydrogens (tertiary/aromatic N) is 2. The van der Waals surface area contributed by atoms with Gasteiger partial charge in [0.25, 0.3) is 5.91 Å². The van der Waals surface area contributed by atoms with Crippen molar-refractivity contribution in [3.8, 4) is 0 Å². The fraction of sp³-hybridized carbons (Fsp3) is 0.750. The van der Waals surface area contributed by atoms with Crippen molar-refractivity contribution in [3.05, 3.63) is 17.5 Å². The van der Waals surface area contributed by atoms with Gasteiger partial charge in [0.1, 0.15) is 5.69 Å². The summed E-state index contributed by atoms with van der Waals surface area (Å²) in [6.45, 7) is 7.49. The molecule has 0 radical (unpaired) electrons.